The lowest BCUT2D eigenvalue weighted by Gasteiger charge is -2.37. The highest BCUT2D eigenvalue weighted by molar-refractivity contribution is 5.98. The first-order valence-electron chi connectivity index (χ1n) is 11.9. The molecule has 34 heavy (non-hydrogen) atoms. The fraction of sp³-hybridized carbons (Fsp3) is 0.444. The van der Waals surface area contributed by atoms with Gasteiger partial charge < -0.3 is 14.7 Å². The Labute approximate surface area is 200 Å². The van der Waals surface area contributed by atoms with Gasteiger partial charge in [0.05, 0.1) is 30.8 Å². The van der Waals surface area contributed by atoms with Crippen molar-refractivity contribution >= 4 is 22.5 Å². The number of para-hydroxylation sites is 2. The molecule has 178 valence electrons. The second-order valence-corrected chi connectivity index (χ2v) is 11.1. The molecule has 2 N–H and O–H groups in total. The Hall–Kier alpha value is -3.19. The molecule has 1 aliphatic heterocycles. The van der Waals surface area contributed by atoms with E-state index >= 15 is 0 Å². The van der Waals surface area contributed by atoms with Gasteiger partial charge in [-0.3, -0.25) is 9.36 Å². The highest BCUT2D eigenvalue weighted by Crippen LogP contribution is 2.47. The van der Waals surface area contributed by atoms with Crippen LogP contribution >= 0.6 is 0 Å². The maximum Gasteiger partial charge on any atom is 0.299 e. The van der Waals surface area contributed by atoms with Crippen LogP contribution in [-0.2, 0) is 6.67 Å². The average molecular weight is 462 g/mol. The number of amides is 1. The summed E-state index contributed by atoms with van der Waals surface area (Å²) in [5.41, 5.74) is 2.24. The van der Waals surface area contributed by atoms with Crippen molar-refractivity contribution in [3.63, 3.8) is 0 Å². The zero-order valence-electron chi connectivity index (χ0n) is 20.3. The number of fused-ring (bicyclic) bond motifs is 3. The number of carbonyl (C=O) groups is 1. The number of rotatable bonds is 5. The van der Waals surface area contributed by atoms with Crippen LogP contribution in [0.3, 0.4) is 0 Å². The summed E-state index contributed by atoms with van der Waals surface area (Å²) in [6, 6.07) is 15.3. The van der Waals surface area contributed by atoms with Gasteiger partial charge in [0.1, 0.15) is 5.75 Å². The molecule has 7 nitrogen and oxygen atoms in total. The van der Waals surface area contributed by atoms with Crippen molar-refractivity contribution in [1.29, 1.82) is 0 Å². The highest BCUT2D eigenvalue weighted by atomic mass is 16.5. The Morgan fingerprint density at radius 3 is 2.68 bits per heavy atom. The monoisotopic (exact) mass is 461 g/mol. The fourth-order valence-corrected chi connectivity index (χ4v) is 6.64. The van der Waals surface area contributed by atoms with Crippen molar-refractivity contribution < 1.29 is 19.5 Å². The molecular weight excluding hydrogens is 428 g/mol. The largest absolute Gasteiger partial charge is 0.496 e. The standard InChI is InChI=1S/C27H32N4O3/c1-26(2)13-18-14-27(3,15-26)16-30(18)17-31-21-11-7-5-9-19(21)23(25(31)33)28-29-24(32)20-10-6-8-12-22(20)34-4/h5-12,18,33H,13-17H2,1-4H3/p+1/t18-,27-/m0/s1. The number of hydrogen-bond donors (Lipinski definition) is 2. The van der Waals surface area contributed by atoms with Crippen molar-refractivity contribution in [2.45, 2.75) is 52.7 Å². The number of likely N-dealkylation sites (tertiary alicyclic amines) is 1. The van der Waals surface area contributed by atoms with Crippen LogP contribution in [0.4, 0.5) is 5.69 Å². The molecule has 3 aromatic rings. The summed E-state index contributed by atoms with van der Waals surface area (Å²) in [7, 11) is 1.51. The van der Waals surface area contributed by atoms with Crippen LogP contribution in [0.1, 0.15) is 50.4 Å². The van der Waals surface area contributed by atoms with E-state index in [2.05, 4.69) is 31.0 Å². The quantitative estimate of drug-likeness (QED) is 0.540. The van der Waals surface area contributed by atoms with Crippen LogP contribution < -0.4 is 9.64 Å². The van der Waals surface area contributed by atoms with Crippen LogP contribution in [-0.4, -0.2) is 35.3 Å². The van der Waals surface area contributed by atoms with Crippen LogP contribution in [0.25, 0.3) is 10.9 Å². The van der Waals surface area contributed by atoms with E-state index in [0.717, 1.165) is 17.4 Å². The molecule has 0 radical (unpaired) electrons. The average Bonchev–Trinajstić information content (AvgIpc) is 3.20. The van der Waals surface area contributed by atoms with Gasteiger partial charge in [0, 0.05) is 23.6 Å². The van der Waals surface area contributed by atoms with Crippen molar-refractivity contribution in [3.8, 4) is 11.6 Å². The van der Waals surface area contributed by atoms with Gasteiger partial charge in [-0.15, -0.1) is 10.2 Å². The van der Waals surface area contributed by atoms with E-state index in [-0.39, 0.29) is 5.88 Å². The second kappa shape index (κ2) is 8.24. The first-order valence-corrected chi connectivity index (χ1v) is 11.9. The number of azo groups is 1. The van der Waals surface area contributed by atoms with Crippen molar-refractivity contribution in [1.82, 2.24) is 4.57 Å². The van der Waals surface area contributed by atoms with Crippen molar-refractivity contribution in [2.75, 3.05) is 13.7 Å². The van der Waals surface area contributed by atoms with Gasteiger partial charge in [-0.1, -0.05) is 51.1 Å². The first-order chi connectivity index (χ1) is 16.2. The fourth-order valence-electron chi connectivity index (χ4n) is 6.64. The van der Waals surface area contributed by atoms with Gasteiger partial charge in [0.25, 0.3) is 5.91 Å². The lowest BCUT2D eigenvalue weighted by molar-refractivity contribution is -0.936. The zero-order chi connectivity index (χ0) is 24.1. The maximum atomic E-state index is 12.7. The Morgan fingerprint density at radius 2 is 1.88 bits per heavy atom. The maximum absolute atomic E-state index is 12.7. The third-order valence-corrected chi connectivity index (χ3v) is 7.53. The third-order valence-electron chi connectivity index (χ3n) is 7.53. The minimum absolute atomic E-state index is 0.0520. The van der Waals surface area contributed by atoms with E-state index in [1.165, 1.54) is 31.3 Å². The number of hydrogen-bond acceptors (Lipinski definition) is 4. The lowest BCUT2D eigenvalue weighted by Crippen LogP contribution is -3.13. The van der Waals surface area contributed by atoms with Gasteiger partial charge in [-0.05, 0) is 30.0 Å². The summed E-state index contributed by atoms with van der Waals surface area (Å²) in [5, 5.41) is 20.2. The molecule has 2 aromatic carbocycles. The molecule has 7 heteroatoms. The molecule has 1 aliphatic carbocycles. The summed E-state index contributed by atoms with van der Waals surface area (Å²) < 4.78 is 7.20. The van der Waals surface area contributed by atoms with Crippen LogP contribution in [0.15, 0.2) is 58.8 Å². The molecule has 1 aromatic heterocycles. The second-order valence-electron chi connectivity index (χ2n) is 11.1. The summed E-state index contributed by atoms with van der Waals surface area (Å²) >= 11 is 0. The molecule has 2 fully saturated rings. The van der Waals surface area contributed by atoms with Crippen LogP contribution in [0, 0.1) is 10.8 Å². The number of carbonyl (C=O) groups excluding carboxylic acids is 1. The predicted molar refractivity (Wildman–Crippen MR) is 131 cm³/mol. The molecule has 2 heterocycles. The van der Waals surface area contributed by atoms with Gasteiger partial charge in [-0.2, -0.15) is 0 Å². The number of methoxy groups -OCH3 is 1. The number of benzene rings is 2. The zero-order valence-corrected chi connectivity index (χ0v) is 20.3. The molecule has 1 saturated carbocycles. The number of ether oxygens (including phenoxy) is 1. The molecule has 3 atom stereocenters. The van der Waals surface area contributed by atoms with Gasteiger partial charge in [0.15, 0.2) is 12.4 Å². The van der Waals surface area contributed by atoms with Crippen LogP contribution in [0.2, 0.25) is 0 Å². The van der Waals surface area contributed by atoms with Crippen molar-refractivity contribution in [2.24, 2.45) is 21.1 Å². The number of aromatic hydroxyl groups is 1. The number of quaternary nitrogens is 1. The molecule has 1 amide bonds. The van der Waals surface area contributed by atoms with E-state index < -0.39 is 5.91 Å². The normalized spacial score (nSPS) is 25.8. The first kappa shape index (κ1) is 22.6. The van der Waals surface area contributed by atoms with E-state index in [4.69, 9.17) is 4.74 Å². The summed E-state index contributed by atoms with van der Waals surface area (Å²) in [5.74, 6) is -0.0165. The van der Waals surface area contributed by atoms with Gasteiger partial charge in [-0.25, -0.2) is 0 Å². The molecule has 1 saturated heterocycles. The summed E-state index contributed by atoms with van der Waals surface area (Å²) in [6.07, 6.45) is 3.66. The van der Waals surface area contributed by atoms with Gasteiger partial charge >= 0.3 is 0 Å². The smallest absolute Gasteiger partial charge is 0.299 e. The molecule has 1 unspecified atom stereocenters. The predicted octanol–water partition coefficient (Wildman–Crippen LogP) is 4.72. The minimum Gasteiger partial charge on any atom is -0.496 e. The number of aromatic nitrogens is 1. The summed E-state index contributed by atoms with van der Waals surface area (Å²) in [4.78, 5) is 14.2. The van der Waals surface area contributed by atoms with Gasteiger partial charge in [0.2, 0.25) is 5.88 Å². The van der Waals surface area contributed by atoms with E-state index in [9.17, 15) is 9.90 Å². The number of nitrogens with zero attached hydrogens (tertiary/aromatic N) is 3. The Kier molecular flexibility index (Phi) is 5.47. The molecule has 2 bridgehead atoms. The lowest BCUT2D eigenvalue weighted by atomic mass is 9.65. The topological polar surface area (TPSA) is 80.6 Å². The molecule has 0 spiro atoms. The molecule has 5 rings (SSSR count). The SMILES string of the molecule is COc1ccccc1C(=O)N=Nc1c(O)n(C[NH+]2C[C@@]3(C)C[C@@H]2CC(C)(C)C3)c2ccccc12. The molecule has 2 aliphatic rings. The molecular formula is C27H33N4O3+. The van der Waals surface area contributed by atoms with E-state index in [1.807, 2.05) is 28.8 Å². The minimum atomic E-state index is -0.511. The van der Waals surface area contributed by atoms with E-state index in [0.29, 0.717) is 40.5 Å². The Morgan fingerprint density at radius 1 is 1.15 bits per heavy atom. The summed E-state index contributed by atoms with van der Waals surface area (Å²) in [6.45, 7) is 8.92. The highest BCUT2D eigenvalue weighted by Gasteiger charge is 2.52. The van der Waals surface area contributed by atoms with E-state index in [1.54, 1.807) is 24.3 Å². The Bertz CT molecular complexity index is 1280. The third kappa shape index (κ3) is 3.98. The number of nitrogens with one attached hydrogen (secondary N) is 1. The van der Waals surface area contributed by atoms with Crippen molar-refractivity contribution in [3.05, 3.63) is 54.1 Å². The Balaban J connectivity index is 1.47. The van der Waals surface area contributed by atoms with Crippen LogP contribution in [0.5, 0.6) is 11.6 Å².